The Balaban J connectivity index is 1.99. The van der Waals surface area contributed by atoms with Gasteiger partial charge in [-0.05, 0) is 32.1 Å². The van der Waals surface area contributed by atoms with Gasteiger partial charge >= 0.3 is 0 Å². The summed E-state index contributed by atoms with van der Waals surface area (Å²) in [5, 5.41) is 3.32. The number of rotatable bonds is 5. The van der Waals surface area contributed by atoms with Crippen LogP contribution in [0.4, 0.5) is 5.95 Å². The third-order valence-electron chi connectivity index (χ3n) is 3.36. The Morgan fingerprint density at radius 1 is 1.41 bits per heavy atom. The second kappa shape index (κ2) is 4.90. The van der Waals surface area contributed by atoms with Crippen molar-refractivity contribution in [2.75, 3.05) is 18.5 Å². The lowest BCUT2D eigenvalue weighted by Crippen LogP contribution is -2.33. The van der Waals surface area contributed by atoms with Gasteiger partial charge in [-0.3, -0.25) is 0 Å². The Morgan fingerprint density at radius 3 is 2.76 bits per heavy atom. The van der Waals surface area contributed by atoms with Gasteiger partial charge in [0.05, 0.1) is 6.61 Å². The first-order chi connectivity index (χ1) is 8.11. The maximum Gasteiger partial charge on any atom is 0.226 e. The zero-order valence-electron chi connectivity index (χ0n) is 10.9. The molecule has 17 heavy (non-hydrogen) atoms. The van der Waals surface area contributed by atoms with Gasteiger partial charge in [0.1, 0.15) is 0 Å². The minimum absolute atomic E-state index is 0.429. The van der Waals surface area contributed by atoms with E-state index >= 15 is 0 Å². The van der Waals surface area contributed by atoms with Crippen molar-refractivity contribution in [3.63, 3.8) is 0 Å². The molecule has 1 saturated carbocycles. The number of aryl methyl sites for hydroxylation is 1. The number of hydrogen-bond donors (Lipinski definition) is 1. The first-order valence-electron chi connectivity index (χ1n) is 6.34. The molecular formula is C13H21N3O. The number of anilines is 1. The molecule has 0 spiro atoms. The number of nitrogens with one attached hydrogen (secondary N) is 1. The van der Waals surface area contributed by atoms with Crippen LogP contribution in [0.25, 0.3) is 0 Å². The van der Waals surface area contributed by atoms with Crippen molar-refractivity contribution in [1.29, 1.82) is 0 Å². The van der Waals surface area contributed by atoms with Crippen molar-refractivity contribution in [3.05, 3.63) is 11.8 Å². The lowest BCUT2D eigenvalue weighted by molar-refractivity contribution is 0.179. The SMILES string of the molecule is CCOc1cc(C)nc(NCC2(C)CCC2)n1. The molecule has 0 bridgehead atoms. The largest absolute Gasteiger partial charge is 0.478 e. The predicted octanol–water partition coefficient (Wildman–Crippen LogP) is 2.79. The molecule has 0 unspecified atom stereocenters. The summed E-state index contributed by atoms with van der Waals surface area (Å²) in [7, 11) is 0. The highest BCUT2D eigenvalue weighted by molar-refractivity contribution is 5.31. The molecule has 1 aliphatic rings. The molecule has 2 rings (SSSR count). The minimum atomic E-state index is 0.429. The molecule has 0 amide bonds. The molecule has 0 saturated heterocycles. The smallest absolute Gasteiger partial charge is 0.226 e. The van der Waals surface area contributed by atoms with Crippen LogP contribution in [0.3, 0.4) is 0 Å². The summed E-state index contributed by atoms with van der Waals surface area (Å²) in [5.41, 5.74) is 1.36. The van der Waals surface area contributed by atoms with Crippen molar-refractivity contribution in [2.24, 2.45) is 5.41 Å². The van der Waals surface area contributed by atoms with Crippen LogP contribution in [0, 0.1) is 12.3 Å². The Bertz CT molecular complexity index is 388. The highest BCUT2D eigenvalue weighted by Gasteiger charge is 2.31. The van der Waals surface area contributed by atoms with E-state index in [1.54, 1.807) is 0 Å². The van der Waals surface area contributed by atoms with Gasteiger partial charge in [-0.1, -0.05) is 13.3 Å². The van der Waals surface area contributed by atoms with Crippen LogP contribution in [-0.4, -0.2) is 23.1 Å². The van der Waals surface area contributed by atoms with Gasteiger partial charge in [-0.15, -0.1) is 0 Å². The summed E-state index contributed by atoms with van der Waals surface area (Å²) in [6.07, 6.45) is 3.94. The average Bonchev–Trinajstić information content (AvgIpc) is 2.23. The molecule has 1 fully saturated rings. The van der Waals surface area contributed by atoms with Crippen molar-refractivity contribution in [1.82, 2.24) is 9.97 Å². The van der Waals surface area contributed by atoms with Crippen molar-refractivity contribution < 1.29 is 4.74 Å². The van der Waals surface area contributed by atoms with Crippen LogP contribution in [0.5, 0.6) is 5.88 Å². The van der Waals surface area contributed by atoms with Crippen LogP contribution < -0.4 is 10.1 Å². The van der Waals surface area contributed by atoms with Gasteiger partial charge < -0.3 is 10.1 Å². The third kappa shape index (κ3) is 3.08. The van der Waals surface area contributed by atoms with Crippen LogP contribution >= 0.6 is 0 Å². The van der Waals surface area contributed by atoms with Gasteiger partial charge in [0.15, 0.2) is 0 Å². The topological polar surface area (TPSA) is 47.0 Å². The summed E-state index contributed by atoms with van der Waals surface area (Å²) < 4.78 is 5.41. The van der Waals surface area contributed by atoms with Gasteiger partial charge in [0.25, 0.3) is 0 Å². The standard InChI is InChI=1S/C13H21N3O/c1-4-17-11-8-10(2)15-12(16-11)14-9-13(3)6-5-7-13/h8H,4-7,9H2,1-3H3,(H,14,15,16). The lowest BCUT2D eigenvalue weighted by Gasteiger charge is -2.38. The van der Waals surface area contributed by atoms with Crippen molar-refractivity contribution in [3.8, 4) is 5.88 Å². The maximum atomic E-state index is 5.41. The molecule has 1 heterocycles. The average molecular weight is 235 g/mol. The van der Waals surface area contributed by atoms with E-state index in [1.807, 2.05) is 19.9 Å². The van der Waals surface area contributed by atoms with E-state index in [4.69, 9.17) is 4.74 Å². The van der Waals surface area contributed by atoms with Crippen LogP contribution in [0.1, 0.15) is 38.8 Å². The Hall–Kier alpha value is -1.32. The van der Waals surface area contributed by atoms with E-state index in [2.05, 4.69) is 22.2 Å². The van der Waals surface area contributed by atoms with Crippen LogP contribution in [0.15, 0.2) is 6.07 Å². The summed E-state index contributed by atoms with van der Waals surface area (Å²) in [5.74, 6) is 1.34. The van der Waals surface area contributed by atoms with Gasteiger partial charge in [0.2, 0.25) is 11.8 Å². The molecule has 0 radical (unpaired) electrons. The summed E-state index contributed by atoms with van der Waals surface area (Å²) in [6.45, 7) is 7.80. The lowest BCUT2D eigenvalue weighted by atomic mass is 9.70. The zero-order chi connectivity index (χ0) is 12.3. The highest BCUT2D eigenvalue weighted by atomic mass is 16.5. The summed E-state index contributed by atoms with van der Waals surface area (Å²) >= 11 is 0. The molecule has 0 aliphatic heterocycles. The zero-order valence-corrected chi connectivity index (χ0v) is 10.9. The monoisotopic (exact) mass is 235 g/mol. The van der Waals surface area contributed by atoms with Gasteiger partial charge in [-0.25, -0.2) is 4.98 Å². The molecule has 1 aliphatic carbocycles. The van der Waals surface area contributed by atoms with E-state index in [1.165, 1.54) is 19.3 Å². The maximum absolute atomic E-state index is 5.41. The number of hydrogen-bond acceptors (Lipinski definition) is 4. The number of ether oxygens (including phenoxy) is 1. The van der Waals surface area contributed by atoms with E-state index in [0.717, 1.165) is 12.2 Å². The first kappa shape index (κ1) is 12.1. The Morgan fingerprint density at radius 2 is 2.18 bits per heavy atom. The number of aromatic nitrogens is 2. The molecule has 4 nitrogen and oxygen atoms in total. The fourth-order valence-electron chi connectivity index (χ4n) is 2.09. The second-order valence-corrected chi connectivity index (χ2v) is 5.12. The number of nitrogens with zero attached hydrogens (tertiary/aromatic N) is 2. The fraction of sp³-hybridized carbons (Fsp3) is 0.692. The molecule has 1 aromatic rings. The van der Waals surface area contributed by atoms with E-state index < -0.39 is 0 Å². The van der Waals surface area contributed by atoms with Crippen LogP contribution in [-0.2, 0) is 0 Å². The van der Waals surface area contributed by atoms with Crippen molar-refractivity contribution in [2.45, 2.75) is 40.0 Å². The summed E-state index contributed by atoms with van der Waals surface area (Å²) in [4.78, 5) is 8.72. The molecular weight excluding hydrogens is 214 g/mol. The molecule has 0 atom stereocenters. The van der Waals surface area contributed by atoms with Crippen molar-refractivity contribution >= 4 is 5.95 Å². The normalized spacial score (nSPS) is 17.4. The quantitative estimate of drug-likeness (QED) is 0.852. The van der Waals surface area contributed by atoms with E-state index in [-0.39, 0.29) is 0 Å². The van der Waals surface area contributed by atoms with E-state index in [9.17, 15) is 0 Å². The van der Waals surface area contributed by atoms with Crippen LogP contribution in [0.2, 0.25) is 0 Å². The molecule has 1 N–H and O–H groups in total. The van der Waals surface area contributed by atoms with Gasteiger partial charge in [0, 0.05) is 18.3 Å². The fourth-order valence-corrected chi connectivity index (χ4v) is 2.09. The third-order valence-corrected chi connectivity index (χ3v) is 3.36. The summed E-state index contributed by atoms with van der Waals surface area (Å²) in [6, 6.07) is 1.86. The highest BCUT2D eigenvalue weighted by Crippen LogP contribution is 2.40. The Labute approximate surface area is 103 Å². The molecule has 94 valence electrons. The first-order valence-corrected chi connectivity index (χ1v) is 6.34. The Kier molecular flexibility index (Phi) is 3.50. The molecule has 1 aromatic heterocycles. The van der Waals surface area contributed by atoms with Gasteiger partial charge in [-0.2, -0.15) is 4.98 Å². The van der Waals surface area contributed by atoms with E-state index in [0.29, 0.717) is 23.9 Å². The molecule has 4 heteroatoms. The minimum Gasteiger partial charge on any atom is -0.478 e. The predicted molar refractivity (Wildman–Crippen MR) is 68.4 cm³/mol. The second-order valence-electron chi connectivity index (χ2n) is 5.12. The molecule has 0 aromatic carbocycles.